The lowest BCUT2D eigenvalue weighted by Crippen LogP contribution is -2.24. The molecule has 0 aliphatic heterocycles. The van der Waals surface area contributed by atoms with Gasteiger partial charge in [-0.15, -0.1) is 0 Å². The number of aryl methyl sites for hydroxylation is 1. The fraction of sp³-hybridized carbons (Fsp3) is 0.200. The van der Waals surface area contributed by atoms with Gasteiger partial charge in [-0.2, -0.15) is 8.78 Å². The van der Waals surface area contributed by atoms with Gasteiger partial charge in [0, 0.05) is 11.3 Å². The van der Waals surface area contributed by atoms with Crippen LogP contribution < -0.4 is 4.74 Å². The van der Waals surface area contributed by atoms with Gasteiger partial charge in [0.2, 0.25) is 0 Å². The summed E-state index contributed by atoms with van der Waals surface area (Å²) in [5.41, 5.74) is -0.102. The van der Waals surface area contributed by atoms with Gasteiger partial charge in [0.25, 0.3) is 0 Å². The van der Waals surface area contributed by atoms with Crippen LogP contribution in [-0.2, 0) is 5.92 Å². The number of rotatable bonds is 5. The Bertz CT molecular complexity index is 645. The van der Waals surface area contributed by atoms with E-state index in [1.54, 1.807) is 13.0 Å². The van der Waals surface area contributed by atoms with Crippen LogP contribution in [0, 0.1) is 6.92 Å². The van der Waals surface area contributed by atoms with Gasteiger partial charge >= 0.3 is 11.9 Å². The van der Waals surface area contributed by atoms with E-state index in [1.165, 1.54) is 36.4 Å². The summed E-state index contributed by atoms with van der Waals surface area (Å²) >= 11 is 0. The molecule has 4 nitrogen and oxygen atoms in total. The lowest BCUT2D eigenvalue weighted by molar-refractivity contribution is -0.0470. The van der Waals surface area contributed by atoms with Crippen molar-refractivity contribution in [1.82, 2.24) is 4.98 Å². The lowest BCUT2D eigenvalue weighted by atomic mass is 10.1. The highest BCUT2D eigenvalue weighted by Gasteiger charge is 2.33. The molecule has 0 atom stereocenters. The van der Waals surface area contributed by atoms with Crippen molar-refractivity contribution in [1.29, 1.82) is 0 Å². The Kier molecular flexibility index (Phi) is 4.16. The predicted molar refractivity (Wildman–Crippen MR) is 71.8 cm³/mol. The summed E-state index contributed by atoms with van der Waals surface area (Å²) in [5, 5.41) is 9.01. The molecule has 0 unspecified atom stereocenters. The summed E-state index contributed by atoms with van der Waals surface area (Å²) in [4.78, 5) is 14.8. The van der Waals surface area contributed by atoms with Gasteiger partial charge in [-0.3, -0.25) is 0 Å². The smallest absolute Gasteiger partial charge is 0.358 e. The first-order chi connectivity index (χ1) is 9.90. The number of hydrogen-bond acceptors (Lipinski definition) is 3. The van der Waals surface area contributed by atoms with Crippen LogP contribution in [0.25, 0.3) is 0 Å². The first kappa shape index (κ1) is 14.9. The number of carboxylic acids is 1. The largest absolute Gasteiger partial charge is 0.484 e. The highest BCUT2D eigenvalue weighted by Crippen LogP contribution is 2.29. The van der Waals surface area contributed by atoms with Crippen LogP contribution in [0.2, 0.25) is 0 Å². The second-order valence-electron chi connectivity index (χ2n) is 4.46. The van der Waals surface area contributed by atoms with Gasteiger partial charge < -0.3 is 9.84 Å². The average molecular weight is 293 g/mol. The van der Waals surface area contributed by atoms with Crippen molar-refractivity contribution in [2.75, 3.05) is 6.61 Å². The number of carbonyl (C=O) groups is 1. The molecular formula is C15H13F2NO3. The molecule has 1 aromatic carbocycles. The van der Waals surface area contributed by atoms with Gasteiger partial charge in [0.15, 0.2) is 18.1 Å². The van der Waals surface area contributed by atoms with Crippen LogP contribution in [0.4, 0.5) is 8.78 Å². The SMILES string of the molecule is Cc1ccc(OCC(F)(F)c2ccccc2)c(C(=O)O)n1. The van der Waals surface area contributed by atoms with E-state index in [9.17, 15) is 13.6 Å². The number of halogens is 2. The van der Waals surface area contributed by atoms with E-state index in [0.717, 1.165) is 0 Å². The fourth-order valence-electron chi connectivity index (χ4n) is 1.75. The number of carboxylic acid groups (broad SMARTS) is 1. The van der Waals surface area contributed by atoms with Crippen molar-refractivity contribution in [3.05, 3.63) is 59.4 Å². The van der Waals surface area contributed by atoms with Crippen molar-refractivity contribution in [2.45, 2.75) is 12.8 Å². The van der Waals surface area contributed by atoms with Crippen LogP contribution in [0.3, 0.4) is 0 Å². The molecule has 0 saturated heterocycles. The minimum atomic E-state index is -3.22. The minimum Gasteiger partial charge on any atom is -0.484 e. The molecule has 6 heteroatoms. The summed E-state index contributed by atoms with van der Waals surface area (Å²) in [6.07, 6.45) is 0. The van der Waals surface area contributed by atoms with Crippen LogP contribution in [0.5, 0.6) is 5.75 Å². The van der Waals surface area contributed by atoms with E-state index in [2.05, 4.69) is 4.98 Å². The van der Waals surface area contributed by atoms with E-state index >= 15 is 0 Å². The number of nitrogens with zero attached hydrogens (tertiary/aromatic N) is 1. The summed E-state index contributed by atoms with van der Waals surface area (Å²) in [6.45, 7) is 0.650. The van der Waals surface area contributed by atoms with Crippen LogP contribution >= 0.6 is 0 Å². The molecule has 2 rings (SSSR count). The Hall–Kier alpha value is -2.50. The third-order valence-electron chi connectivity index (χ3n) is 2.81. The van der Waals surface area contributed by atoms with Crippen LogP contribution in [-0.4, -0.2) is 22.7 Å². The third kappa shape index (κ3) is 3.53. The molecule has 0 radical (unpaired) electrons. The van der Waals surface area contributed by atoms with Gasteiger partial charge in [-0.1, -0.05) is 30.3 Å². The van der Waals surface area contributed by atoms with E-state index in [0.29, 0.717) is 5.69 Å². The molecule has 0 bridgehead atoms. The molecule has 2 aromatic rings. The van der Waals surface area contributed by atoms with E-state index < -0.39 is 18.5 Å². The summed E-state index contributed by atoms with van der Waals surface area (Å²) < 4.78 is 32.9. The molecule has 0 saturated carbocycles. The Balaban J connectivity index is 2.18. The van der Waals surface area contributed by atoms with Crippen LogP contribution in [0.1, 0.15) is 21.7 Å². The summed E-state index contributed by atoms with van der Waals surface area (Å²) in [7, 11) is 0. The number of pyridine rings is 1. The van der Waals surface area contributed by atoms with Gasteiger partial charge in [0.05, 0.1) is 0 Å². The number of hydrogen-bond donors (Lipinski definition) is 1. The molecular weight excluding hydrogens is 280 g/mol. The Labute approximate surface area is 120 Å². The zero-order valence-corrected chi connectivity index (χ0v) is 11.2. The number of aromatic nitrogens is 1. The molecule has 0 spiro atoms. The normalized spacial score (nSPS) is 11.2. The maximum Gasteiger partial charge on any atom is 0.358 e. The second kappa shape index (κ2) is 5.87. The van der Waals surface area contributed by atoms with Gasteiger partial charge in [0.1, 0.15) is 0 Å². The Morgan fingerprint density at radius 2 is 1.90 bits per heavy atom. The first-order valence-electron chi connectivity index (χ1n) is 6.17. The molecule has 1 N–H and O–H groups in total. The van der Waals surface area contributed by atoms with E-state index in [1.807, 2.05) is 0 Å². The highest BCUT2D eigenvalue weighted by atomic mass is 19.3. The molecule has 1 heterocycles. The molecule has 0 aliphatic carbocycles. The summed E-state index contributed by atoms with van der Waals surface area (Å²) in [6, 6.07) is 10.0. The number of alkyl halides is 2. The monoisotopic (exact) mass is 293 g/mol. The lowest BCUT2D eigenvalue weighted by Gasteiger charge is -2.18. The van der Waals surface area contributed by atoms with Crippen molar-refractivity contribution < 1.29 is 23.4 Å². The van der Waals surface area contributed by atoms with Crippen LogP contribution in [0.15, 0.2) is 42.5 Å². The maximum absolute atomic E-state index is 14.0. The molecule has 21 heavy (non-hydrogen) atoms. The van der Waals surface area contributed by atoms with Gasteiger partial charge in [-0.25, -0.2) is 9.78 Å². The topological polar surface area (TPSA) is 59.4 Å². The average Bonchev–Trinajstić information content (AvgIpc) is 2.47. The minimum absolute atomic E-state index is 0.177. The quantitative estimate of drug-likeness (QED) is 0.919. The summed E-state index contributed by atoms with van der Waals surface area (Å²) in [5.74, 6) is -4.72. The Morgan fingerprint density at radius 3 is 2.52 bits per heavy atom. The highest BCUT2D eigenvalue weighted by molar-refractivity contribution is 5.88. The maximum atomic E-state index is 14.0. The van der Waals surface area contributed by atoms with Gasteiger partial charge in [-0.05, 0) is 19.1 Å². The Morgan fingerprint density at radius 1 is 1.24 bits per heavy atom. The zero-order chi connectivity index (χ0) is 15.5. The number of aromatic carboxylic acids is 1. The number of ether oxygens (including phenoxy) is 1. The predicted octanol–water partition coefficient (Wildman–Crippen LogP) is 3.26. The van der Waals surface area contributed by atoms with Crippen molar-refractivity contribution >= 4 is 5.97 Å². The van der Waals surface area contributed by atoms with E-state index in [4.69, 9.17) is 9.84 Å². The zero-order valence-electron chi connectivity index (χ0n) is 11.2. The first-order valence-corrected chi connectivity index (χ1v) is 6.17. The second-order valence-corrected chi connectivity index (χ2v) is 4.46. The molecule has 110 valence electrons. The molecule has 0 aliphatic rings. The standard InChI is InChI=1S/C15H13F2NO3/c1-10-7-8-12(13(18-10)14(19)20)21-9-15(16,17)11-5-3-2-4-6-11/h2-8H,9H2,1H3,(H,19,20). The number of benzene rings is 1. The van der Waals surface area contributed by atoms with Crippen molar-refractivity contribution in [3.8, 4) is 5.75 Å². The third-order valence-corrected chi connectivity index (χ3v) is 2.81. The van der Waals surface area contributed by atoms with Crippen molar-refractivity contribution in [2.24, 2.45) is 0 Å². The molecule has 0 amide bonds. The van der Waals surface area contributed by atoms with Crippen molar-refractivity contribution in [3.63, 3.8) is 0 Å². The fourth-order valence-corrected chi connectivity index (χ4v) is 1.75. The van der Waals surface area contributed by atoms with E-state index in [-0.39, 0.29) is 17.0 Å². The molecule has 0 fully saturated rings. The molecule has 1 aromatic heterocycles.